The second-order valence-electron chi connectivity index (χ2n) is 7.32. The molecule has 0 aliphatic rings. The molecule has 0 radical (unpaired) electrons. The Kier molecular flexibility index (Phi) is 9.04. The number of hydrogen-bond acceptors (Lipinski definition) is 6. The van der Waals surface area contributed by atoms with Crippen molar-refractivity contribution < 1.29 is 29.3 Å². The number of rotatable bonds is 10. The van der Waals surface area contributed by atoms with E-state index in [-0.39, 0.29) is 19.4 Å². The van der Waals surface area contributed by atoms with E-state index in [4.69, 9.17) is 25.4 Å². The number of alkyl carbamates (subject to hydrolysis) is 1. The lowest BCUT2D eigenvalue weighted by molar-refractivity contribution is -0.118. The summed E-state index contributed by atoms with van der Waals surface area (Å²) in [5.74, 6) is 0.139. The fourth-order valence-electron chi connectivity index (χ4n) is 2.23. The second-order valence-corrected chi connectivity index (χ2v) is 7.32. The molecule has 2 amide bonds. The molecule has 8 heteroatoms. The van der Waals surface area contributed by atoms with Gasteiger partial charge in [0.1, 0.15) is 18.0 Å². The molecule has 1 aromatic rings. The average molecular weight is 382 g/mol. The van der Waals surface area contributed by atoms with Crippen LogP contribution in [0.4, 0.5) is 4.79 Å². The van der Waals surface area contributed by atoms with E-state index < -0.39 is 29.9 Å². The Balaban J connectivity index is 2.58. The first-order valence-corrected chi connectivity index (χ1v) is 8.91. The van der Waals surface area contributed by atoms with E-state index in [9.17, 15) is 9.59 Å². The number of carbonyl (C=O) groups excluding carboxylic acids is 2. The Labute approximate surface area is 159 Å². The molecule has 8 nitrogen and oxygen atoms in total. The summed E-state index contributed by atoms with van der Waals surface area (Å²) in [5, 5.41) is 20.5. The molecule has 1 atom stereocenters. The number of ether oxygens (including phenoxy) is 2. The molecule has 0 heterocycles. The van der Waals surface area contributed by atoms with Gasteiger partial charge >= 0.3 is 6.09 Å². The van der Waals surface area contributed by atoms with Crippen molar-refractivity contribution in [3.8, 4) is 5.75 Å². The van der Waals surface area contributed by atoms with Gasteiger partial charge in [-0.25, -0.2) is 4.79 Å². The molecule has 0 aliphatic heterocycles. The molecular weight excluding hydrogens is 352 g/mol. The van der Waals surface area contributed by atoms with Crippen molar-refractivity contribution in [1.82, 2.24) is 5.32 Å². The Morgan fingerprint density at radius 1 is 1.15 bits per heavy atom. The van der Waals surface area contributed by atoms with Gasteiger partial charge in [-0.3, -0.25) is 4.79 Å². The van der Waals surface area contributed by atoms with Gasteiger partial charge in [0.15, 0.2) is 6.29 Å². The number of aryl methyl sites for hydroxylation is 1. The predicted octanol–water partition coefficient (Wildman–Crippen LogP) is 1.47. The molecule has 0 bridgehead atoms. The summed E-state index contributed by atoms with van der Waals surface area (Å²) < 4.78 is 10.9. The molecule has 0 aliphatic carbocycles. The SMILES string of the molecule is CC(C)(C)OC(=O)N[C@@H](CCC(N)=O)COc1ccc(CCC(O)O)cc1. The van der Waals surface area contributed by atoms with Crippen molar-refractivity contribution in [2.24, 2.45) is 5.73 Å². The fraction of sp³-hybridized carbons (Fsp3) is 0.579. The summed E-state index contributed by atoms with van der Waals surface area (Å²) in [6, 6.07) is 6.75. The largest absolute Gasteiger partial charge is 0.491 e. The normalized spacial score (nSPS) is 12.5. The number of hydrogen-bond donors (Lipinski definition) is 4. The third-order valence-corrected chi connectivity index (χ3v) is 3.53. The van der Waals surface area contributed by atoms with E-state index >= 15 is 0 Å². The van der Waals surface area contributed by atoms with Crippen LogP contribution >= 0.6 is 0 Å². The lowest BCUT2D eigenvalue weighted by Crippen LogP contribution is -2.42. The molecule has 0 saturated heterocycles. The van der Waals surface area contributed by atoms with E-state index in [1.54, 1.807) is 32.9 Å². The minimum absolute atomic E-state index is 0.117. The van der Waals surface area contributed by atoms with Crippen LogP contribution in [0.2, 0.25) is 0 Å². The van der Waals surface area contributed by atoms with Gasteiger partial charge in [-0.1, -0.05) is 12.1 Å². The number of amides is 2. The van der Waals surface area contributed by atoms with Crippen molar-refractivity contribution in [2.75, 3.05) is 6.61 Å². The molecule has 0 saturated carbocycles. The Morgan fingerprint density at radius 3 is 2.30 bits per heavy atom. The Hall–Kier alpha value is -2.32. The van der Waals surface area contributed by atoms with Gasteiger partial charge in [0, 0.05) is 12.8 Å². The third kappa shape index (κ3) is 11.1. The first-order valence-electron chi connectivity index (χ1n) is 8.91. The van der Waals surface area contributed by atoms with Crippen LogP contribution in [0.5, 0.6) is 5.75 Å². The quantitative estimate of drug-likeness (QED) is 0.453. The topological polar surface area (TPSA) is 131 Å². The van der Waals surface area contributed by atoms with E-state index in [1.807, 2.05) is 12.1 Å². The second kappa shape index (κ2) is 10.7. The van der Waals surface area contributed by atoms with Crippen molar-refractivity contribution in [3.05, 3.63) is 29.8 Å². The van der Waals surface area contributed by atoms with Crippen LogP contribution < -0.4 is 15.8 Å². The van der Waals surface area contributed by atoms with Crippen LogP contribution in [0.25, 0.3) is 0 Å². The van der Waals surface area contributed by atoms with Crippen LogP contribution in [0, 0.1) is 0 Å². The molecule has 0 spiro atoms. The minimum atomic E-state index is -1.33. The monoisotopic (exact) mass is 382 g/mol. The summed E-state index contributed by atoms with van der Waals surface area (Å²) in [5.41, 5.74) is 5.51. The number of benzene rings is 1. The van der Waals surface area contributed by atoms with Crippen molar-refractivity contribution >= 4 is 12.0 Å². The minimum Gasteiger partial charge on any atom is -0.491 e. The van der Waals surface area contributed by atoms with Gasteiger partial charge in [0.05, 0.1) is 6.04 Å². The zero-order valence-corrected chi connectivity index (χ0v) is 16.1. The predicted molar refractivity (Wildman–Crippen MR) is 100 cm³/mol. The first-order chi connectivity index (χ1) is 12.5. The lowest BCUT2D eigenvalue weighted by atomic mass is 10.1. The third-order valence-electron chi connectivity index (χ3n) is 3.53. The van der Waals surface area contributed by atoms with Crippen LogP contribution in [-0.2, 0) is 16.0 Å². The maximum Gasteiger partial charge on any atom is 0.407 e. The van der Waals surface area contributed by atoms with Gasteiger partial charge in [0.25, 0.3) is 0 Å². The fourth-order valence-corrected chi connectivity index (χ4v) is 2.23. The summed E-state index contributed by atoms with van der Waals surface area (Å²) in [7, 11) is 0. The Morgan fingerprint density at radius 2 is 1.78 bits per heavy atom. The highest BCUT2D eigenvalue weighted by molar-refractivity contribution is 5.74. The molecular formula is C19H30N2O6. The first kappa shape index (κ1) is 22.7. The van der Waals surface area contributed by atoms with Crippen molar-refractivity contribution in [3.63, 3.8) is 0 Å². The van der Waals surface area contributed by atoms with Crippen LogP contribution in [0.15, 0.2) is 24.3 Å². The molecule has 1 aromatic carbocycles. The van der Waals surface area contributed by atoms with Gasteiger partial charge in [-0.05, 0) is 51.3 Å². The number of aliphatic hydroxyl groups excluding tert-OH is 1. The van der Waals surface area contributed by atoms with Gasteiger partial charge in [-0.2, -0.15) is 0 Å². The molecule has 0 fully saturated rings. The number of carbonyl (C=O) groups is 2. The summed E-state index contributed by atoms with van der Waals surface area (Å²) >= 11 is 0. The highest BCUT2D eigenvalue weighted by Gasteiger charge is 2.20. The molecule has 152 valence electrons. The number of nitrogens with one attached hydrogen (secondary N) is 1. The average Bonchev–Trinajstić information content (AvgIpc) is 2.54. The van der Waals surface area contributed by atoms with E-state index in [0.29, 0.717) is 18.6 Å². The summed E-state index contributed by atoms with van der Waals surface area (Å²) in [4.78, 5) is 23.0. The molecule has 27 heavy (non-hydrogen) atoms. The van der Waals surface area contributed by atoms with E-state index in [1.165, 1.54) is 0 Å². The number of aliphatic hydroxyl groups is 2. The number of nitrogens with two attached hydrogens (primary N) is 1. The standard InChI is InChI=1S/C19H30N2O6/c1-19(2,3)27-18(25)21-14(7-10-16(20)22)12-26-15-8-4-13(5-9-15)6-11-17(23)24/h4-5,8-9,14,17,23-24H,6-7,10-12H2,1-3H3,(H2,20,22)(H,21,25)/t14-/m0/s1. The molecule has 5 N–H and O–H groups in total. The maximum absolute atomic E-state index is 12.0. The van der Waals surface area contributed by atoms with Crippen LogP contribution in [-0.4, -0.2) is 46.8 Å². The van der Waals surface area contributed by atoms with Crippen LogP contribution in [0.3, 0.4) is 0 Å². The summed E-state index contributed by atoms with van der Waals surface area (Å²) in [6.07, 6.45) is -0.661. The van der Waals surface area contributed by atoms with Gasteiger partial charge in [0.2, 0.25) is 5.91 Å². The summed E-state index contributed by atoms with van der Waals surface area (Å²) in [6.45, 7) is 5.44. The maximum atomic E-state index is 12.0. The smallest absolute Gasteiger partial charge is 0.407 e. The number of primary amides is 1. The molecule has 0 unspecified atom stereocenters. The van der Waals surface area contributed by atoms with Gasteiger partial charge in [-0.15, -0.1) is 0 Å². The van der Waals surface area contributed by atoms with Crippen LogP contribution in [0.1, 0.15) is 45.6 Å². The zero-order valence-electron chi connectivity index (χ0n) is 16.1. The zero-order chi connectivity index (χ0) is 20.4. The Bertz CT molecular complexity index is 595. The van der Waals surface area contributed by atoms with E-state index in [2.05, 4.69) is 5.32 Å². The lowest BCUT2D eigenvalue weighted by Gasteiger charge is -2.23. The van der Waals surface area contributed by atoms with Crippen molar-refractivity contribution in [2.45, 2.75) is 64.4 Å². The van der Waals surface area contributed by atoms with E-state index in [0.717, 1.165) is 5.56 Å². The molecule has 0 aromatic heterocycles. The molecule has 1 rings (SSSR count). The highest BCUT2D eigenvalue weighted by atomic mass is 16.6. The van der Waals surface area contributed by atoms with Gasteiger partial charge < -0.3 is 30.7 Å². The highest BCUT2D eigenvalue weighted by Crippen LogP contribution is 2.15. The van der Waals surface area contributed by atoms with Crippen molar-refractivity contribution in [1.29, 1.82) is 0 Å².